The number of aromatic nitrogens is 1. The van der Waals surface area contributed by atoms with E-state index in [1.165, 1.54) is 4.90 Å². The third kappa shape index (κ3) is 6.24. The lowest BCUT2D eigenvalue weighted by Gasteiger charge is -2.07. The van der Waals surface area contributed by atoms with Crippen molar-refractivity contribution >= 4 is 23.2 Å². The first-order valence-corrected chi connectivity index (χ1v) is 10.6. The van der Waals surface area contributed by atoms with Crippen LogP contribution >= 0.6 is 11.3 Å². The first kappa shape index (κ1) is 27.0. The molecule has 32 heavy (non-hydrogen) atoms. The van der Waals surface area contributed by atoms with Crippen molar-refractivity contribution in [1.82, 2.24) is 9.88 Å². The van der Waals surface area contributed by atoms with E-state index in [0.29, 0.717) is 47.6 Å². The number of aliphatic hydroxyl groups excluding tert-OH is 1. The highest BCUT2D eigenvalue weighted by atomic mass is 32.1. The molecule has 0 bridgehead atoms. The fourth-order valence-corrected chi connectivity index (χ4v) is 3.71. The fourth-order valence-electron chi connectivity index (χ4n) is 2.82. The van der Waals surface area contributed by atoms with E-state index in [2.05, 4.69) is 10.9 Å². The minimum Gasteiger partial charge on any atom is -0.489 e. The maximum atomic E-state index is 14.1. The molecule has 3 N–H and O–H groups in total. The molecule has 0 saturated carbocycles. The second kappa shape index (κ2) is 12.7. The Morgan fingerprint density at radius 2 is 2.06 bits per heavy atom. The van der Waals surface area contributed by atoms with E-state index in [-0.39, 0.29) is 17.5 Å². The maximum absolute atomic E-state index is 14.1. The minimum absolute atomic E-state index is 0.0802. The second-order valence-electron chi connectivity index (χ2n) is 6.29. The van der Waals surface area contributed by atoms with Crippen LogP contribution < -0.4 is 10.5 Å². The van der Waals surface area contributed by atoms with Crippen LogP contribution in [0.1, 0.15) is 46.7 Å². The third-order valence-corrected chi connectivity index (χ3v) is 5.49. The molecule has 7 nitrogen and oxygen atoms in total. The number of hydrogen-bond donors (Lipinski definition) is 2. The smallest absolute Gasteiger partial charge is 0.277 e. The van der Waals surface area contributed by atoms with Gasteiger partial charge in [-0.25, -0.2) is 9.37 Å². The van der Waals surface area contributed by atoms with Crippen molar-refractivity contribution in [2.24, 2.45) is 5.73 Å². The number of thiazole rings is 1. The van der Waals surface area contributed by atoms with Gasteiger partial charge in [0.15, 0.2) is 11.2 Å². The van der Waals surface area contributed by atoms with Crippen LogP contribution in [0.3, 0.4) is 0 Å². The average Bonchev–Trinajstić information content (AvgIpc) is 3.36. The summed E-state index contributed by atoms with van der Waals surface area (Å²) in [5.74, 6) is 2.17. The average molecular weight is 468 g/mol. The van der Waals surface area contributed by atoms with Gasteiger partial charge in [-0.05, 0) is 24.6 Å². The maximum Gasteiger partial charge on any atom is 0.277 e. The van der Waals surface area contributed by atoms with Crippen LogP contribution in [0.5, 0.6) is 5.75 Å². The summed E-state index contributed by atoms with van der Waals surface area (Å²) < 4.78 is 29.0. The number of hydrogen-bond acceptors (Lipinski definition) is 6. The zero-order chi connectivity index (χ0) is 24.4. The summed E-state index contributed by atoms with van der Waals surface area (Å²) in [6.07, 6.45) is 3.89. The number of halogens is 2. The minimum atomic E-state index is -1.35. The second-order valence-corrected chi connectivity index (χ2v) is 7.32. The molecule has 0 radical (unpaired) electrons. The number of alkyl halides is 2. The monoisotopic (exact) mass is 467 g/mol. The Balaban J connectivity index is 0.000000357. The van der Waals surface area contributed by atoms with Crippen molar-refractivity contribution in [2.75, 3.05) is 27.4 Å². The predicted octanol–water partition coefficient (Wildman–Crippen LogP) is 3.11. The highest BCUT2D eigenvalue weighted by Crippen LogP contribution is 2.42. The molecule has 0 aliphatic carbocycles. The lowest BCUT2D eigenvalue weighted by molar-refractivity contribution is -0.133. The lowest BCUT2D eigenvalue weighted by atomic mass is 10.1. The SMILES string of the molecule is C#Cc1ccc2c(c1)-c1nc(C(N)=O)sc1C(F)CO2.CC.CF.CN1CCC(O)C1=O. The van der Waals surface area contributed by atoms with Crippen molar-refractivity contribution in [3.8, 4) is 29.4 Å². The number of carbonyl (C=O) groups is 2. The summed E-state index contributed by atoms with van der Waals surface area (Å²) in [4.78, 5) is 27.8. The van der Waals surface area contributed by atoms with E-state index >= 15 is 0 Å². The third-order valence-electron chi connectivity index (χ3n) is 4.33. The zero-order valence-electron chi connectivity index (χ0n) is 18.4. The number of fused-ring (bicyclic) bond motifs is 3. The van der Waals surface area contributed by atoms with Gasteiger partial charge in [-0.15, -0.1) is 17.8 Å². The molecule has 4 rings (SSSR count). The number of terminal acetylenes is 1. The number of nitrogens with zero attached hydrogens (tertiary/aromatic N) is 2. The number of rotatable bonds is 1. The van der Waals surface area contributed by atoms with Gasteiger partial charge in [-0.1, -0.05) is 19.8 Å². The Morgan fingerprint density at radius 1 is 1.41 bits per heavy atom. The van der Waals surface area contributed by atoms with Crippen molar-refractivity contribution < 1.29 is 28.2 Å². The zero-order valence-corrected chi connectivity index (χ0v) is 19.2. The Bertz CT molecular complexity index is 963. The molecule has 2 atom stereocenters. The summed E-state index contributed by atoms with van der Waals surface area (Å²) in [6, 6.07) is 5.07. The largest absolute Gasteiger partial charge is 0.489 e. The van der Waals surface area contributed by atoms with Gasteiger partial charge in [-0.3, -0.25) is 14.0 Å². The van der Waals surface area contributed by atoms with Gasteiger partial charge in [0.25, 0.3) is 11.8 Å². The first-order chi connectivity index (χ1) is 15.3. The van der Waals surface area contributed by atoms with Crippen LogP contribution in [0, 0.1) is 12.3 Å². The quantitative estimate of drug-likeness (QED) is 0.627. The number of carbonyl (C=O) groups excluding carboxylic acids is 2. The van der Waals surface area contributed by atoms with Crippen LogP contribution in [-0.2, 0) is 4.79 Å². The van der Waals surface area contributed by atoms with E-state index < -0.39 is 18.2 Å². The van der Waals surface area contributed by atoms with Crippen LogP contribution in [0.2, 0.25) is 0 Å². The molecule has 3 heterocycles. The van der Waals surface area contributed by atoms with Crippen LogP contribution in [0.15, 0.2) is 18.2 Å². The van der Waals surface area contributed by atoms with Gasteiger partial charge < -0.3 is 20.5 Å². The number of amides is 2. The fraction of sp³-hybridized carbons (Fsp3) is 0.409. The van der Waals surface area contributed by atoms with Crippen LogP contribution in [-0.4, -0.2) is 60.3 Å². The van der Waals surface area contributed by atoms with Crippen molar-refractivity contribution in [2.45, 2.75) is 32.5 Å². The molecule has 2 aromatic rings. The standard InChI is InChI=1S/C14H9FN2O2S.C5H9NO2.C2H6.CH3F/c1-2-7-3-4-10-8(5-7)11-12(9(15)6-19-10)20-14(17-11)13(16)18;1-6-3-2-4(7)5(6)8;2*1-2/h1,3-5,9H,6H2,(H2,16,18);4,7H,2-3H2,1H3;1-2H3;1H3. The summed E-state index contributed by atoms with van der Waals surface area (Å²) >= 11 is 0.950. The molecule has 2 aliphatic rings. The van der Waals surface area contributed by atoms with E-state index in [0.717, 1.165) is 11.3 Å². The number of primary amides is 1. The van der Waals surface area contributed by atoms with Gasteiger partial charge in [0, 0.05) is 24.7 Å². The van der Waals surface area contributed by atoms with Crippen LogP contribution in [0.25, 0.3) is 11.3 Å². The Hall–Kier alpha value is -3.03. The topological polar surface area (TPSA) is 106 Å². The van der Waals surface area contributed by atoms with E-state index in [4.69, 9.17) is 22.0 Å². The molecule has 10 heteroatoms. The predicted molar refractivity (Wildman–Crippen MR) is 120 cm³/mol. The van der Waals surface area contributed by atoms with E-state index in [1.807, 2.05) is 13.8 Å². The molecule has 1 fully saturated rings. The molecule has 0 spiro atoms. The van der Waals surface area contributed by atoms with Crippen molar-refractivity contribution in [3.63, 3.8) is 0 Å². The van der Waals surface area contributed by atoms with Gasteiger partial charge in [0.2, 0.25) is 0 Å². The first-order valence-electron chi connectivity index (χ1n) is 9.81. The van der Waals surface area contributed by atoms with Crippen LogP contribution in [0.4, 0.5) is 8.78 Å². The molecule has 174 valence electrons. The van der Waals surface area contributed by atoms with Crippen molar-refractivity contribution in [1.29, 1.82) is 0 Å². The highest BCUT2D eigenvalue weighted by molar-refractivity contribution is 7.14. The number of nitrogens with two attached hydrogens (primary N) is 1. The van der Waals surface area contributed by atoms with Crippen molar-refractivity contribution in [3.05, 3.63) is 33.6 Å². The van der Waals surface area contributed by atoms with E-state index in [9.17, 15) is 18.4 Å². The van der Waals surface area contributed by atoms with Gasteiger partial charge in [-0.2, -0.15) is 0 Å². The number of likely N-dealkylation sites (N-methyl/N-ethyl adjacent to an activating group) is 1. The number of benzene rings is 1. The summed E-state index contributed by atoms with van der Waals surface area (Å²) in [7, 11) is 2.19. The van der Waals surface area contributed by atoms with Gasteiger partial charge in [0.1, 0.15) is 18.5 Å². The lowest BCUT2D eigenvalue weighted by Crippen LogP contribution is -2.24. The molecule has 2 amide bonds. The molecule has 1 aromatic carbocycles. The van der Waals surface area contributed by atoms with Gasteiger partial charge >= 0.3 is 0 Å². The Morgan fingerprint density at radius 3 is 2.53 bits per heavy atom. The van der Waals surface area contributed by atoms with Gasteiger partial charge in [0.05, 0.1) is 17.7 Å². The molecule has 2 unspecified atom stereocenters. The molecule has 1 saturated heterocycles. The van der Waals surface area contributed by atoms with E-state index in [1.54, 1.807) is 25.2 Å². The molecule has 2 aliphatic heterocycles. The summed E-state index contributed by atoms with van der Waals surface area (Å²) in [5, 5.41) is 8.86. The number of likely N-dealkylation sites (tertiary alicyclic amines) is 1. The molecular weight excluding hydrogens is 440 g/mol. The Kier molecular flexibility index (Phi) is 10.7. The summed E-state index contributed by atoms with van der Waals surface area (Å²) in [6.45, 7) is 4.57. The molecule has 1 aromatic heterocycles. The number of aliphatic hydroxyl groups is 1. The summed E-state index contributed by atoms with van der Waals surface area (Å²) in [5.41, 5.74) is 6.80. The highest BCUT2D eigenvalue weighted by Gasteiger charge is 2.29. The Labute approximate surface area is 190 Å². The molecular formula is C22H27F2N3O4S. The normalized spacial score (nSPS) is 17.9. The number of ether oxygens (including phenoxy) is 1.